The van der Waals surface area contributed by atoms with Crippen molar-refractivity contribution in [3.63, 3.8) is 0 Å². The first kappa shape index (κ1) is 14.2. The Morgan fingerprint density at radius 1 is 1.12 bits per heavy atom. The van der Waals surface area contributed by atoms with Crippen LogP contribution in [0, 0.1) is 0 Å². The minimum atomic E-state index is 0.387. The van der Waals surface area contributed by atoms with Gasteiger partial charge in [0.1, 0.15) is 17.6 Å². The first-order chi connectivity index (χ1) is 8.38. The number of hydrogen-bond donors (Lipinski definition) is 0. The Kier molecular flexibility index (Phi) is 6.94. The highest BCUT2D eigenvalue weighted by molar-refractivity contribution is 7.99. The molecule has 0 aliphatic carbocycles. The minimum absolute atomic E-state index is 0.387. The molecule has 0 atom stereocenters. The lowest BCUT2D eigenvalue weighted by Gasteiger charge is -2.22. The number of ether oxygens (including phenoxy) is 2. The SMILES string of the molecule is CC.COc1cccc(OC2CCSCC2)c1. The van der Waals surface area contributed by atoms with Crippen molar-refractivity contribution in [1.29, 1.82) is 0 Å². The molecule has 1 aliphatic heterocycles. The van der Waals surface area contributed by atoms with Crippen molar-refractivity contribution >= 4 is 11.8 Å². The normalized spacial score (nSPS) is 15.7. The first-order valence-corrected chi connectivity index (χ1v) is 7.42. The molecular weight excluding hydrogens is 232 g/mol. The molecule has 96 valence electrons. The van der Waals surface area contributed by atoms with Crippen LogP contribution in [0.25, 0.3) is 0 Å². The maximum absolute atomic E-state index is 5.90. The summed E-state index contributed by atoms with van der Waals surface area (Å²) in [7, 11) is 1.68. The second-order valence-electron chi connectivity index (χ2n) is 3.61. The number of hydrogen-bond acceptors (Lipinski definition) is 3. The highest BCUT2D eigenvalue weighted by Crippen LogP contribution is 2.25. The molecule has 0 aromatic heterocycles. The van der Waals surface area contributed by atoms with Crippen LogP contribution in [0.15, 0.2) is 24.3 Å². The van der Waals surface area contributed by atoms with Gasteiger partial charge in [-0.25, -0.2) is 0 Å². The van der Waals surface area contributed by atoms with Gasteiger partial charge < -0.3 is 9.47 Å². The van der Waals surface area contributed by atoms with E-state index in [0.29, 0.717) is 6.10 Å². The average Bonchev–Trinajstić information content (AvgIpc) is 2.42. The second kappa shape index (κ2) is 8.29. The van der Waals surface area contributed by atoms with Gasteiger partial charge in [0.15, 0.2) is 0 Å². The fraction of sp³-hybridized carbons (Fsp3) is 0.571. The molecule has 1 aromatic rings. The van der Waals surface area contributed by atoms with Crippen LogP contribution < -0.4 is 9.47 Å². The van der Waals surface area contributed by atoms with Gasteiger partial charge in [0.25, 0.3) is 0 Å². The molecule has 0 radical (unpaired) electrons. The lowest BCUT2D eigenvalue weighted by atomic mass is 10.2. The summed E-state index contributed by atoms with van der Waals surface area (Å²) < 4.78 is 11.1. The smallest absolute Gasteiger partial charge is 0.123 e. The van der Waals surface area contributed by atoms with Gasteiger partial charge in [-0.1, -0.05) is 19.9 Å². The highest BCUT2D eigenvalue weighted by Gasteiger charge is 2.15. The van der Waals surface area contributed by atoms with Crippen molar-refractivity contribution in [2.45, 2.75) is 32.8 Å². The van der Waals surface area contributed by atoms with E-state index in [4.69, 9.17) is 9.47 Å². The van der Waals surface area contributed by atoms with Gasteiger partial charge in [0, 0.05) is 6.07 Å². The van der Waals surface area contributed by atoms with Crippen LogP contribution in [-0.4, -0.2) is 24.7 Å². The largest absolute Gasteiger partial charge is 0.497 e. The van der Waals surface area contributed by atoms with E-state index in [-0.39, 0.29) is 0 Å². The minimum Gasteiger partial charge on any atom is -0.497 e. The maximum Gasteiger partial charge on any atom is 0.123 e. The van der Waals surface area contributed by atoms with E-state index < -0.39 is 0 Å². The van der Waals surface area contributed by atoms with Gasteiger partial charge in [-0.05, 0) is 36.5 Å². The van der Waals surface area contributed by atoms with Gasteiger partial charge >= 0.3 is 0 Å². The van der Waals surface area contributed by atoms with Gasteiger partial charge in [-0.3, -0.25) is 0 Å². The fourth-order valence-electron chi connectivity index (χ4n) is 1.66. The Morgan fingerprint density at radius 2 is 1.76 bits per heavy atom. The van der Waals surface area contributed by atoms with Crippen molar-refractivity contribution in [2.75, 3.05) is 18.6 Å². The molecule has 2 rings (SSSR count). The maximum atomic E-state index is 5.90. The molecule has 1 heterocycles. The molecule has 17 heavy (non-hydrogen) atoms. The van der Waals surface area contributed by atoms with Crippen molar-refractivity contribution in [3.8, 4) is 11.5 Å². The Morgan fingerprint density at radius 3 is 2.41 bits per heavy atom. The number of thioether (sulfide) groups is 1. The lowest BCUT2D eigenvalue weighted by Crippen LogP contribution is -2.21. The summed E-state index contributed by atoms with van der Waals surface area (Å²) in [4.78, 5) is 0. The molecule has 0 amide bonds. The standard InChI is InChI=1S/C12H16O2S.C2H6/c1-13-11-3-2-4-12(9-11)14-10-5-7-15-8-6-10;1-2/h2-4,9-10H,5-8H2,1H3;1-2H3. The summed E-state index contributed by atoms with van der Waals surface area (Å²) in [6.07, 6.45) is 2.70. The molecule has 1 fully saturated rings. The van der Waals surface area contributed by atoms with E-state index in [1.54, 1.807) is 7.11 Å². The molecule has 1 aliphatic rings. The summed E-state index contributed by atoms with van der Waals surface area (Å²) in [5.41, 5.74) is 0. The number of benzene rings is 1. The van der Waals surface area contributed by atoms with Crippen LogP contribution in [-0.2, 0) is 0 Å². The number of methoxy groups -OCH3 is 1. The zero-order valence-electron chi connectivity index (χ0n) is 10.9. The average molecular weight is 254 g/mol. The Labute approximate surface area is 109 Å². The molecule has 2 nitrogen and oxygen atoms in total. The lowest BCUT2D eigenvalue weighted by molar-refractivity contribution is 0.191. The van der Waals surface area contributed by atoms with Crippen LogP contribution in [0.2, 0.25) is 0 Å². The van der Waals surface area contributed by atoms with Crippen LogP contribution in [0.1, 0.15) is 26.7 Å². The molecule has 1 aromatic carbocycles. The molecule has 0 saturated carbocycles. The fourth-order valence-corrected chi connectivity index (χ4v) is 2.72. The molecule has 0 N–H and O–H groups in total. The second-order valence-corrected chi connectivity index (χ2v) is 4.83. The van der Waals surface area contributed by atoms with Gasteiger partial charge in [-0.15, -0.1) is 0 Å². The highest BCUT2D eigenvalue weighted by atomic mass is 32.2. The number of rotatable bonds is 3. The Bertz CT molecular complexity index is 309. The van der Waals surface area contributed by atoms with Crippen molar-refractivity contribution in [3.05, 3.63) is 24.3 Å². The molecular formula is C14H22O2S. The van der Waals surface area contributed by atoms with E-state index in [0.717, 1.165) is 24.3 Å². The summed E-state index contributed by atoms with van der Waals surface area (Å²) in [5.74, 6) is 4.22. The van der Waals surface area contributed by atoms with Crippen molar-refractivity contribution in [2.24, 2.45) is 0 Å². The van der Waals surface area contributed by atoms with Gasteiger partial charge in [0.05, 0.1) is 7.11 Å². The summed E-state index contributed by atoms with van der Waals surface area (Å²) in [6, 6.07) is 7.83. The quantitative estimate of drug-likeness (QED) is 0.812. The van der Waals surface area contributed by atoms with Crippen LogP contribution >= 0.6 is 11.8 Å². The van der Waals surface area contributed by atoms with Crippen molar-refractivity contribution < 1.29 is 9.47 Å². The first-order valence-electron chi connectivity index (χ1n) is 6.27. The van der Waals surface area contributed by atoms with E-state index in [1.165, 1.54) is 11.5 Å². The van der Waals surface area contributed by atoms with E-state index in [1.807, 2.05) is 49.9 Å². The predicted octanol–water partition coefficient (Wildman–Crippen LogP) is 4.00. The van der Waals surface area contributed by atoms with Crippen LogP contribution in [0.3, 0.4) is 0 Å². The predicted molar refractivity (Wildman–Crippen MR) is 75.3 cm³/mol. The molecule has 0 bridgehead atoms. The Balaban J connectivity index is 0.000000686. The topological polar surface area (TPSA) is 18.5 Å². The zero-order valence-corrected chi connectivity index (χ0v) is 11.8. The molecule has 1 saturated heterocycles. The monoisotopic (exact) mass is 254 g/mol. The van der Waals surface area contributed by atoms with Crippen LogP contribution in [0.5, 0.6) is 11.5 Å². The summed E-state index contributed by atoms with van der Waals surface area (Å²) in [6.45, 7) is 4.00. The third-order valence-electron chi connectivity index (χ3n) is 2.51. The zero-order chi connectivity index (χ0) is 12.5. The third-order valence-corrected chi connectivity index (χ3v) is 3.56. The summed E-state index contributed by atoms with van der Waals surface area (Å²) in [5, 5.41) is 0. The third kappa shape index (κ3) is 4.90. The van der Waals surface area contributed by atoms with Gasteiger partial charge in [0.2, 0.25) is 0 Å². The van der Waals surface area contributed by atoms with E-state index >= 15 is 0 Å². The molecule has 0 unspecified atom stereocenters. The van der Waals surface area contributed by atoms with Crippen LogP contribution in [0.4, 0.5) is 0 Å². The summed E-state index contributed by atoms with van der Waals surface area (Å²) >= 11 is 2.01. The van der Waals surface area contributed by atoms with E-state index in [9.17, 15) is 0 Å². The van der Waals surface area contributed by atoms with Gasteiger partial charge in [-0.2, -0.15) is 11.8 Å². The molecule has 3 heteroatoms. The molecule has 0 spiro atoms. The Hall–Kier alpha value is -0.830. The van der Waals surface area contributed by atoms with Crippen molar-refractivity contribution in [1.82, 2.24) is 0 Å². The van der Waals surface area contributed by atoms with E-state index in [2.05, 4.69) is 0 Å².